The normalized spacial score (nSPS) is 17.9. The maximum atomic E-state index is 11.5. The van der Waals surface area contributed by atoms with Crippen LogP contribution in [-0.4, -0.2) is 55.2 Å². The van der Waals surface area contributed by atoms with Crippen LogP contribution in [0.2, 0.25) is 0 Å². The molecule has 1 aliphatic rings. The van der Waals surface area contributed by atoms with Gasteiger partial charge in [-0.3, -0.25) is 4.90 Å². The molecule has 0 aromatic carbocycles. The molecule has 0 aliphatic carbocycles. The minimum atomic E-state index is -0.161. The minimum Gasteiger partial charge on any atom is -0.450 e. The molecule has 0 aromatic rings. The average molecular weight is 228 g/mol. The monoisotopic (exact) mass is 228 g/mol. The van der Waals surface area contributed by atoms with Gasteiger partial charge in [0.25, 0.3) is 0 Å². The molecule has 0 radical (unpaired) electrons. The van der Waals surface area contributed by atoms with Crippen molar-refractivity contribution in [3.05, 3.63) is 0 Å². The lowest BCUT2D eigenvalue weighted by Crippen LogP contribution is -2.49. The molecule has 4 heteroatoms. The standard InChI is InChI=1S/C12H24N2O2/c1-4-16-12(15)14-9-7-13(8-10-14)6-5-11(2)3/h11H,4-10H2,1-3H3. The van der Waals surface area contributed by atoms with E-state index in [0.29, 0.717) is 6.61 Å². The second-order valence-corrected chi connectivity index (χ2v) is 4.71. The van der Waals surface area contributed by atoms with Crippen LogP contribution in [0.25, 0.3) is 0 Å². The average Bonchev–Trinajstić information content (AvgIpc) is 2.27. The molecule has 0 spiro atoms. The summed E-state index contributed by atoms with van der Waals surface area (Å²) in [6, 6.07) is 0. The number of hydrogen-bond donors (Lipinski definition) is 0. The molecule has 4 nitrogen and oxygen atoms in total. The first kappa shape index (κ1) is 13.3. The van der Waals surface area contributed by atoms with Gasteiger partial charge in [0.15, 0.2) is 0 Å². The van der Waals surface area contributed by atoms with E-state index < -0.39 is 0 Å². The molecule has 0 saturated carbocycles. The Morgan fingerprint density at radius 3 is 2.38 bits per heavy atom. The van der Waals surface area contributed by atoms with E-state index in [4.69, 9.17) is 4.74 Å². The van der Waals surface area contributed by atoms with Gasteiger partial charge in [0.2, 0.25) is 0 Å². The topological polar surface area (TPSA) is 32.8 Å². The van der Waals surface area contributed by atoms with Crippen LogP contribution in [-0.2, 0) is 4.74 Å². The number of carbonyl (C=O) groups is 1. The van der Waals surface area contributed by atoms with Crippen LogP contribution in [0, 0.1) is 5.92 Å². The highest BCUT2D eigenvalue weighted by atomic mass is 16.6. The summed E-state index contributed by atoms with van der Waals surface area (Å²) in [5, 5.41) is 0. The molecule has 1 fully saturated rings. The molecular formula is C12H24N2O2. The Morgan fingerprint density at radius 1 is 1.25 bits per heavy atom. The fourth-order valence-corrected chi connectivity index (χ4v) is 1.81. The van der Waals surface area contributed by atoms with Crippen LogP contribution in [0.4, 0.5) is 4.79 Å². The number of amides is 1. The van der Waals surface area contributed by atoms with Gasteiger partial charge in [-0.1, -0.05) is 13.8 Å². The summed E-state index contributed by atoms with van der Waals surface area (Å²) >= 11 is 0. The molecule has 1 amide bonds. The van der Waals surface area contributed by atoms with Gasteiger partial charge in [-0.05, 0) is 25.8 Å². The lowest BCUT2D eigenvalue weighted by molar-refractivity contribution is 0.0785. The summed E-state index contributed by atoms with van der Waals surface area (Å²) in [5.74, 6) is 0.753. The van der Waals surface area contributed by atoms with Crippen LogP contribution in [0.5, 0.6) is 0 Å². The highest BCUT2D eigenvalue weighted by Gasteiger charge is 2.21. The summed E-state index contributed by atoms with van der Waals surface area (Å²) in [6.45, 7) is 11.5. The molecule has 1 heterocycles. The predicted octanol–water partition coefficient (Wildman–Crippen LogP) is 1.81. The van der Waals surface area contributed by atoms with Gasteiger partial charge < -0.3 is 9.64 Å². The fourth-order valence-electron chi connectivity index (χ4n) is 1.81. The summed E-state index contributed by atoms with van der Waals surface area (Å²) < 4.78 is 4.98. The molecule has 0 bridgehead atoms. The summed E-state index contributed by atoms with van der Waals surface area (Å²) in [6.07, 6.45) is 1.07. The van der Waals surface area contributed by atoms with Crippen LogP contribution >= 0.6 is 0 Å². The first-order chi connectivity index (χ1) is 7.63. The zero-order chi connectivity index (χ0) is 12.0. The second-order valence-electron chi connectivity index (χ2n) is 4.71. The molecule has 0 aromatic heterocycles. The van der Waals surface area contributed by atoms with E-state index in [0.717, 1.165) is 38.6 Å². The van der Waals surface area contributed by atoms with Crippen molar-refractivity contribution in [1.82, 2.24) is 9.80 Å². The molecule has 1 rings (SSSR count). The first-order valence-electron chi connectivity index (χ1n) is 6.27. The molecule has 0 N–H and O–H groups in total. The highest BCUT2D eigenvalue weighted by molar-refractivity contribution is 5.67. The van der Waals surface area contributed by atoms with Crippen LogP contribution in [0.15, 0.2) is 0 Å². The van der Waals surface area contributed by atoms with Crippen molar-refractivity contribution < 1.29 is 9.53 Å². The Balaban J connectivity index is 2.20. The molecule has 0 atom stereocenters. The van der Waals surface area contributed by atoms with E-state index >= 15 is 0 Å². The van der Waals surface area contributed by atoms with Crippen molar-refractivity contribution in [2.75, 3.05) is 39.3 Å². The van der Waals surface area contributed by atoms with E-state index in [1.807, 2.05) is 6.92 Å². The van der Waals surface area contributed by atoms with Crippen LogP contribution in [0.1, 0.15) is 27.2 Å². The first-order valence-corrected chi connectivity index (χ1v) is 6.27. The van der Waals surface area contributed by atoms with Gasteiger partial charge >= 0.3 is 6.09 Å². The second kappa shape index (κ2) is 6.74. The van der Waals surface area contributed by atoms with Gasteiger partial charge in [-0.25, -0.2) is 4.79 Å². The van der Waals surface area contributed by atoms with Crippen molar-refractivity contribution in [1.29, 1.82) is 0 Å². The Bertz CT molecular complexity index is 211. The SMILES string of the molecule is CCOC(=O)N1CCN(CCC(C)C)CC1. The Kier molecular flexibility index (Phi) is 5.60. The van der Waals surface area contributed by atoms with Gasteiger partial charge in [-0.15, -0.1) is 0 Å². The van der Waals surface area contributed by atoms with Gasteiger partial charge in [0.05, 0.1) is 6.61 Å². The molecule has 0 unspecified atom stereocenters. The number of rotatable bonds is 4. The quantitative estimate of drug-likeness (QED) is 0.735. The lowest BCUT2D eigenvalue weighted by Gasteiger charge is -2.34. The number of hydrogen-bond acceptors (Lipinski definition) is 3. The van der Waals surface area contributed by atoms with Crippen molar-refractivity contribution >= 4 is 6.09 Å². The minimum absolute atomic E-state index is 0.161. The largest absolute Gasteiger partial charge is 0.450 e. The van der Waals surface area contributed by atoms with Gasteiger partial charge in [0, 0.05) is 26.2 Å². The summed E-state index contributed by atoms with van der Waals surface area (Å²) in [5.41, 5.74) is 0. The van der Waals surface area contributed by atoms with E-state index in [-0.39, 0.29) is 6.09 Å². The van der Waals surface area contributed by atoms with Gasteiger partial charge in [0.1, 0.15) is 0 Å². The Hall–Kier alpha value is -0.770. The van der Waals surface area contributed by atoms with Crippen LogP contribution < -0.4 is 0 Å². The number of piperazine rings is 1. The molecule has 94 valence electrons. The zero-order valence-electron chi connectivity index (χ0n) is 10.7. The van der Waals surface area contributed by atoms with E-state index in [2.05, 4.69) is 18.7 Å². The third-order valence-electron chi connectivity index (χ3n) is 2.92. The summed E-state index contributed by atoms with van der Waals surface area (Å²) in [4.78, 5) is 15.7. The summed E-state index contributed by atoms with van der Waals surface area (Å²) in [7, 11) is 0. The number of nitrogens with zero attached hydrogens (tertiary/aromatic N) is 2. The Morgan fingerprint density at radius 2 is 1.88 bits per heavy atom. The lowest BCUT2D eigenvalue weighted by atomic mass is 10.1. The zero-order valence-corrected chi connectivity index (χ0v) is 10.7. The maximum absolute atomic E-state index is 11.5. The van der Waals surface area contributed by atoms with Gasteiger partial charge in [-0.2, -0.15) is 0 Å². The third kappa shape index (κ3) is 4.39. The van der Waals surface area contributed by atoms with Crippen LogP contribution in [0.3, 0.4) is 0 Å². The maximum Gasteiger partial charge on any atom is 0.409 e. The number of carbonyl (C=O) groups excluding carboxylic acids is 1. The van der Waals surface area contributed by atoms with Crippen molar-refractivity contribution in [3.63, 3.8) is 0 Å². The fraction of sp³-hybridized carbons (Fsp3) is 0.917. The Labute approximate surface area is 98.5 Å². The number of ether oxygens (including phenoxy) is 1. The van der Waals surface area contributed by atoms with Crippen molar-refractivity contribution in [2.45, 2.75) is 27.2 Å². The predicted molar refractivity (Wildman–Crippen MR) is 64.5 cm³/mol. The molecule has 16 heavy (non-hydrogen) atoms. The molecule has 1 aliphatic heterocycles. The highest BCUT2D eigenvalue weighted by Crippen LogP contribution is 2.07. The third-order valence-corrected chi connectivity index (χ3v) is 2.92. The van der Waals surface area contributed by atoms with E-state index in [9.17, 15) is 4.79 Å². The van der Waals surface area contributed by atoms with Crippen molar-refractivity contribution in [3.8, 4) is 0 Å². The van der Waals surface area contributed by atoms with E-state index in [1.54, 1.807) is 4.90 Å². The molecule has 1 saturated heterocycles. The molecular weight excluding hydrogens is 204 g/mol. The van der Waals surface area contributed by atoms with E-state index in [1.165, 1.54) is 6.42 Å². The smallest absolute Gasteiger partial charge is 0.409 e. The van der Waals surface area contributed by atoms with Crippen molar-refractivity contribution in [2.24, 2.45) is 5.92 Å².